The molecule has 0 fully saturated rings. The Labute approximate surface area is 181 Å². The van der Waals surface area contributed by atoms with Crippen LogP contribution in [0.1, 0.15) is 20.8 Å². The number of hydrazone groups is 1. The van der Waals surface area contributed by atoms with Gasteiger partial charge in [-0.2, -0.15) is 5.10 Å². The summed E-state index contributed by atoms with van der Waals surface area (Å²) in [7, 11) is 0. The molecule has 1 aromatic heterocycles. The fraction of sp³-hybridized carbons (Fsp3) is 0.0952. The Balaban J connectivity index is 1.55. The molecule has 2 amide bonds. The van der Waals surface area contributed by atoms with Crippen molar-refractivity contribution in [3.63, 3.8) is 0 Å². The van der Waals surface area contributed by atoms with Crippen molar-refractivity contribution in [3.05, 3.63) is 92.2 Å². The number of carbonyl (C=O) groups excluding carboxylic acids is 2. The molecule has 31 heavy (non-hydrogen) atoms. The lowest BCUT2D eigenvalue weighted by Crippen LogP contribution is -2.34. The summed E-state index contributed by atoms with van der Waals surface area (Å²) in [5.74, 6) is -0.749. The number of hydrogen-bond donors (Lipinski definition) is 2. The topological polar surface area (TPSA) is 123 Å². The lowest BCUT2D eigenvalue weighted by molar-refractivity contribution is -0.385. The van der Waals surface area contributed by atoms with E-state index in [1.165, 1.54) is 29.7 Å². The van der Waals surface area contributed by atoms with Gasteiger partial charge in [-0.1, -0.05) is 36.4 Å². The molecule has 0 aliphatic carbocycles. The van der Waals surface area contributed by atoms with Gasteiger partial charge >= 0.3 is 5.69 Å². The van der Waals surface area contributed by atoms with Crippen molar-refractivity contribution in [1.82, 2.24) is 10.7 Å². The molecular formula is C21H18N4O5S. The number of rotatable bonds is 9. The summed E-state index contributed by atoms with van der Waals surface area (Å²) >= 11 is 1.27. The maximum atomic E-state index is 11.8. The monoisotopic (exact) mass is 438 g/mol. The second-order valence-electron chi connectivity index (χ2n) is 6.21. The smallest absolute Gasteiger partial charge is 0.311 e. The molecule has 2 N–H and O–H groups in total. The maximum absolute atomic E-state index is 11.8. The standard InChI is InChI=1S/C21H18N4O5S/c26-20(13-22-21(27)19-7-4-10-31-19)24-23-12-16-8-9-18(17(11-16)25(28)29)30-14-15-5-2-1-3-6-15/h1-12H,13-14H2,(H,22,27)(H,24,26)/b23-12-. The van der Waals surface area contributed by atoms with E-state index in [-0.39, 0.29) is 30.5 Å². The fourth-order valence-corrected chi connectivity index (χ4v) is 3.13. The molecule has 1 heterocycles. The number of benzene rings is 2. The Bertz CT molecular complexity index is 1080. The van der Waals surface area contributed by atoms with Crippen molar-refractivity contribution in [2.24, 2.45) is 5.10 Å². The Morgan fingerprint density at radius 1 is 1.13 bits per heavy atom. The first-order valence-corrected chi connectivity index (χ1v) is 9.99. The Morgan fingerprint density at radius 2 is 1.94 bits per heavy atom. The highest BCUT2D eigenvalue weighted by atomic mass is 32.1. The minimum atomic E-state index is -0.545. The van der Waals surface area contributed by atoms with Crippen LogP contribution in [0.4, 0.5) is 5.69 Å². The molecule has 158 valence electrons. The van der Waals surface area contributed by atoms with Gasteiger partial charge in [0.15, 0.2) is 5.75 Å². The number of nitro groups is 1. The third kappa shape index (κ3) is 6.47. The average Bonchev–Trinajstić information content (AvgIpc) is 3.32. The van der Waals surface area contributed by atoms with Gasteiger partial charge in [-0.15, -0.1) is 11.3 Å². The number of hydrogen-bond acceptors (Lipinski definition) is 7. The zero-order chi connectivity index (χ0) is 22.1. The minimum absolute atomic E-state index is 0.131. The largest absolute Gasteiger partial charge is 0.482 e. The predicted octanol–water partition coefficient (Wildman–Crippen LogP) is 3.12. The zero-order valence-corrected chi connectivity index (χ0v) is 17.0. The number of thiophene rings is 1. The first kappa shape index (κ1) is 21.7. The molecule has 0 bridgehead atoms. The second kappa shape index (κ2) is 10.6. The van der Waals surface area contributed by atoms with E-state index in [0.29, 0.717) is 10.4 Å². The summed E-state index contributed by atoms with van der Waals surface area (Å²) < 4.78 is 5.57. The molecule has 0 spiro atoms. The van der Waals surface area contributed by atoms with Gasteiger partial charge in [0.1, 0.15) is 6.61 Å². The van der Waals surface area contributed by atoms with Crippen LogP contribution in [0.15, 0.2) is 71.1 Å². The molecular weight excluding hydrogens is 420 g/mol. The van der Waals surface area contributed by atoms with Crippen molar-refractivity contribution in [1.29, 1.82) is 0 Å². The van der Waals surface area contributed by atoms with E-state index in [9.17, 15) is 19.7 Å². The van der Waals surface area contributed by atoms with Crippen molar-refractivity contribution < 1.29 is 19.2 Å². The quantitative estimate of drug-likeness (QED) is 0.302. The number of amides is 2. The third-order valence-corrected chi connectivity index (χ3v) is 4.84. The van der Waals surface area contributed by atoms with Gasteiger partial charge in [0.05, 0.1) is 22.6 Å². The lowest BCUT2D eigenvalue weighted by atomic mass is 10.2. The summed E-state index contributed by atoms with van der Waals surface area (Å²) in [5.41, 5.74) is 3.34. The number of nitro benzene ring substituents is 1. The highest BCUT2D eigenvalue weighted by Crippen LogP contribution is 2.28. The van der Waals surface area contributed by atoms with Gasteiger partial charge in [-0.05, 0) is 29.1 Å². The van der Waals surface area contributed by atoms with Crippen LogP contribution in [-0.2, 0) is 11.4 Å². The van der Waals surface area contributed by atoms with E-state index in [4.69, 9.17) is 4.74 Å². The van der Waals surface area contributed by atoms with Crippen molar-refractivity contribution >= 4 is 35.1 Å². The number of ether oxygens (including phenoxy) is 1. The highest BCUT2D eigenvalue weighted by Gasteiger charge is 2.16. The van der Waals surface area contributed by atoms with E-state index in [1.54, 1.807) is 23.6 Å². The summed E-state index contributed by atoms with van der Waals surface area (Å²) in [4.78, 5) is 34.9. The number of carbonyl (C=O) groups is 2. The molecule has 2 aromatic carbocycles. The summed E-state index contributed by atoms with van der Waals surface area (Å²) in [6, 6.07) is 17.1. The number of nitrogens with zero attached hydrogens (tertiary/aromatic N) is 2. The first-order chi connectivity index (χ1) is 15.0. The van der Waals surface area contributed by atoms with Crippen molar-refractivity contribution in [3.8, 4) is 5.75 Å². The van der Waals surface area contributed by atoms with Crippen LogP contribution in [0.3, 0.4) is 0 Å². The summed E-state index contributed by atoms with van der Waals surface area (Å²) in [6.07, 6.45) is 1.27. The minimum Gasteiger partial charge on any atom is -0.482 e. The molecule has 0 saturated heterocycles. The molecule has 0 aliphatic rings. The molecule has 3 rings (SSSR count). The molecule has 10 heteroatoms. The Morgan fingerprint density at radius 3 is 2.65 bits per heavy atom. The molecule has 0 unspecified atom stereocenters. The van der Waals surface area contributed by atoms with Crippen molar-refractivity contribution in [2.75, 3.05) is 6.54 Å². The van der Waals surface area contributed by atoms with E-state index >= 15 is 0 Å². The zero-order valence-electron chi connectivity index (χ0n) is 16.2. The Hall–Kier alpha value is -4.05. The van der Waals surface area contributed by atoms with Gasteiger partial charge in [-0.25, -0.2) is 5.43 Å². The van der Waals surface area contributed by atoms with E-state index < -0.39 is 10.8 Å². The molecule has 0 aliphatic heterocycles. The third-order valence-electron chi connectivity index (χ3n) is 3.97. The normalized spacial score (nSPS) is 10.6. The second-order valence-corrected chi connectivity index (χ2v) is 7.16. The van der Waals surface area contributed by atoms with Crippen LogP contribution in [-0.4, -0.2) is 29.5 Å². The molecule has 0 radical (unpaired) electrons. The van der Waals surface area contributed by atoms with Gasteiger partial charge in [0, 0.05) is 11.6 Å². The average molecular weight is 438 g/mol. The van der Waals surface area contributed by atoms with Crippen LogP contribution in [0.5, 0.6) is 5.75 Å². The van der Waals surface area contributed by atoms with Gasteiger partial charge < -0.3 is 10.1 Å². The first-order valence-electron chi connectivity index (χ1n) is 9.11. The summed E-state index contributed by atoms with van der Waals surface area (Å²) in [6.45, 7) is -0.0527. The fourth-order valence-electron chi connectivity index (χ4n) is 2.49. The van der Waals surface area contributed by atoms with E-state index in [2.05, 4.69) is 15.8 Å². The van der Waals surface area contributed by atoms with Gasteiger partial charge in [0.25, 0.3) is 11.8 Å². The summed E-state index contributed by atoms with van der Waals surface area (Å²) in [5, 5.41) is 19.4. The van der Waals surface area contributed by atoms with Crippen LogP contribution >= 0.6 is 11.3 Å². The van der Waals surface area contributed by atoms with Gasteiger partial charge in [-0.3, -0.25) is 19.7 Å². The highest BCUT2D eigenvalue weighted by molar-refractivity contribution is 7.12. The van der Waals surface area contributed by atoms with Crippen LogP contribution < -0.4 is 15.5 Å². The predicted molar refractivity (Wildman–Crippen MR) is 116 cm³/mol. The van der Waals surface area contributed by atoms with Crippen LogP contribution in [0, 0.1) is 10.1 Å². The molecule has 3 aromatic rings. The lowest BCUT2D eigenvalue weighted by Gasteiger charge is -2.07. The Kier molecular flexibility index (Phi) is 7.44. The molecule has 0 saturated carbocycles. The van der Waals surface area contributed by atoms with E-state index in [0.717, 1.165) is 5.56 Å². The molecule has 9 nitrogen and oxygen atoms in total. The SMILES string of the molecule is O=C(CNC(=O)c1cccs1)N/N=C\c1ccc(OCc2ccccc2)c([N+](=O)[O-])c1. The molecule has 0 atom stereocenters. The van der Waals surface area contributed by atoms with Crippen LogP contribution in [0.25, 0.3) is 0 Å². The van der Waals surface area contributed by atoms with E-state index in [1.807, 2.05) is 30.3 Å². The number of nitrogens with one attached hydrogen (secondary N) is 2. The van der Waals surface area contributed by atoms with Gasteiger partial charge in [0.2, 0.25) is 0 Å². The van der Waals surface area contributed by atoms with Crippen molar-refractivity contribution in [2.45, 2.75) is 6.61 Å². The van der Waals surface area contributed by atoms with Crippen LogP contribution in [0.2, 0.25) is 0 Å². The maximum Gasteiger partial charge on any atom is 0.311 e.